The van der Waals surface area contributed by atoms with Crippen LogP contribution in [0.15, 0.2) is 12.7 Å². The number of aliphatic hydroxyl groups is 2. The molecule has 2 aromatic heterocycles. The van der Waals surface area contributed by atoms with Gasteiger partial charge >= 0.3 is 7.82 Å². The molecule has 14 heteroatoms. The summed E-state index contributed by atoms with van der Waals surface area (Å²) in [5.41, 5.74) is 0.234. The molecule has 2 aromatic rings. The van der Waals surface area contributed by atoms with Crippen LogP contribution in [0, 0.1) is 0 Å². The van der Waals surface area contributed by atoms with E-state index in [0.717, 1.165) is 6.33 Å². The van der Waals surface area contributed by atoms with E-state index in [-0.39, 0.29) is 54.8 Å². The van der Waals surface area contributed by atoms with Gasteiger partial charge in [0.2, 0.25) is 5.88 Å². The second-order valence-corrected chi connectivity index (χ2v) is 6.09. The minimum Gasteiger partial charge on any atom is -0.492 e. The van der Waals surface area contributed by atoms with Gasteiger partial charge in [0.15, 0.2) is 17.4 Å². The van der Waals surface area contributed by atoms with Crippen molar-refractivity contribution in [3.05, 3.63) is 12.7 Å². The molecular weight excluding hydrogens is 375 g/mol. The largest absolute Gasteiger partial charge is 0.492 e. The van der Waals surface area contributed by atoms with Gasteiger partial charge in [-0.25, -0.2) is 14.5 Å². The molecule has 0 aliphatic carbocycles. The molecule has 1 aliphatic heterocycles. The van der Waals surface area contributed by atoms with Crippen molar-refractivity contribution >= 4 is 56.7 Å². The van der Waals surface area contributed by atoms with Gasteiger partial charge in [0.25, 0.3) is 0 Å². The second-order valence-electron chi connectivity index (χ2n) is 4.85. The number of rotatable bonds is 4. The summed E-state index contributed by atoms with van der Waals surface area (Å²) < 4.78 is 21.6. The molecule has 5 N–H and O–H groups in total. The number of ether oxygens (including phenoxy) is 1. The third-order valence-corrected chi connectivity index (χ3v) is 3.84. The Balaban J connectivity index is 0.00000208. The van der Waals surface area contributed by atoms with Crippen molar-refractivity contribution in [3.8, 4) is 5.88 Å². The number of hydrogen-bond donors (Lipinski definition) is 5. The fourth-order valence-corrected chi connectivity index (χ4v) is 2.63. The zero-order valence-electron chi connectivity index (χ0n) is 12.1. The zero-order valence-corrected chi connectivity index (χ0v) is 15.2. The van der Waals surface area contributed by atoms with Gasteiger partial charge < -0.3 is 29.8 Å². The van der Waals surface area contributed by atoms with Crippen molar-refractivity contribution in [3.63, 3.8) is 0 Å². The molecule has 4 atom stereocenters. The summed E-state index contributed by atoms with van der Waals surface area (Å²) in [6.07, 6.45) is -2.85. The number of nitrogens with zero attached hydrogens (tertiary/aromatic N) is 4. The number of fused-ring (bicyclic) bond motifs is 1. The standard InChI is InChI=1S/C10H13N4O8P.Ca/c15-6-4(1-21-23(18,19)20)22-10(7(6)16)14-3-13-5-8(14)11-2-12-9(5)17;/h2-4,6-7,10,15-16H,1H2,(H,11,12,17)(H2,18,19,20);/t4-,6-,7-,10-;/m1./s1. The van der Waals surface area contributed by atoms with Crippen LogP contribution in [0.1, 0.15) is 6.23 Å². The van der Waals surface area contributed by atoms with Crippen LogP contribution in [-0.2, 0) is 13.8 Å². The zero-order chi connectivity index (χ0) is 16.8. The van der Waals surface area contributed by atoms with E-state index in [0.29, 0.717) is 0 Å². The maximum atomic E-state index is 10.7. The van der Waals surface area contributed by atoms with Crippen LogP contribution in [0.4, 0.5) is 0 Å². The molecule has 3 rings (SSSR count). The number of phosphoric ester groups is 1. The summed E-state index contributed by atoms with van der Waals surface area (Å²) in [5.74, 6) is -0.358. The molecule has 1 saturated heterocycles. The van der Waals surface area contributed by atoms with Crippen LogP contribution in [0.5, 0.6) is 5.88 Å². The van der Waals surface area contributed by atoms with Gasteiger partial charge in [0.1, 0.15) is 24.6 Å². The Morgan fingerprint density at radius 2 is 1.96 bits per heavy atom. The first kappa shape index (κ1) is 19.9. The number of hydrogen-bond acceptors (Lipinski definition) is 9. The van der Waals surface area contributed by atoms with Gasteiger partial charge in [-0.3, -0.25) is 9.09 Å². The molecule has 0 amide bonds. The summed E-state index contributed by atoms with van der Waals surface area (Å²) in [6.45, 7) is -0.619. The summed E-state index contributed by atoms with van der Waals surface area (Å²) in [7, 11) is -4.74. The molecule has 1 aliphatic rings. The SMILES string of the molecule is O=P(O)(O)OC[C@H]1O[C@@H](n2cnc3c(O)ncnc32)[C@H](O)[C@@H]1O.[Ca]. The molecule has 0 aromatic carbocycles. The van der Waals surface area contributed by atoms with E-state index in [1.165, 1.54) is 10.9 Å². The van der Waals surface area contributed by atoms with Crippen LogP contribution < -0.4 is 0 Å². The molecule has 2 radical (unpaired) electrons. The average Bonchev–Trinajstić information content (AvgIpc) is 3.01. The number of phosphoric acid groups is 1. The maximum absolute atomic E-state index is 10.7. The molecule has 12 nitrogen and oxygen atoms in total. The van der Waals surface area contributed by atoms with E-state index in [2.05, 4.69) is 19.5 Å². The molecule has 24 heavy (non-hydrogen) atoms. The molecular formula is C10H13CaN4O8P. The van der Waals surface area contributed by atoms with Gasteiger partial charge in [-0.05, 0) is 0 Å². The Kier molecular flexibility index (Phi) is 6.19. The number of aliphatic hydroxyl groups excluding tert-OH is 2. The molecule has 128 valence electrons. The quantitative estimate of drug-likeness (QED) is 0.285. The van der Waals surface area contributed by atoms with Crippen LogP contribution in [0.25, 0.3) is 11.2 Å². The minimum atomic E-state index is -4.74. The van der Waals surface area contributed by atoms with Gasteiger partial charge in [-0.2, -0.15) is 4.98 Å². The monoisotopic (exact) mass is 388 g/mol. The van der Waals surface area contributed by atoms with Crippen molar-refractivity contribution in [1.82, 2.24) is 19.5 Å². The summed E-state index contributed by atoms with van der Waals surface area (Å²) in [5, 5.41) is 29.6. The van der Waals surface area contributed by atoms with Crippen LogP contribution in [0.3, 0.4) is 0 Å². The van der Waals surface area contributed by atoms with Crippen molar-refractivity contribution in [2.45, 2.75) is 24.5 Å². The Labute approximate surface area is 164 Å². The van der Waals surface area contributed by atoms with Gasteiger partial charge in [0, 0.05) is 37.7 Å². The van der Waals surface area contributed by atoms with Crippen molar-refractivity contribution in [2.75, 3.05) is 6.61 Å². The first-order valence-electron chi connectivity index (χ1n) is 6.36. The number of imidazole rings is 1. The predicted octanol–water partition coefficient (Wildman–Crippen LogP) is -2.12. The second kappa shape index (κ2) is 7.46. The molecule has 0 spiro atoms. The molecule has 3 heterocycles. The Bertz CT molecular complexity index is 768. The van der Waals surface area contributed by atoms with E-state index in [1.807, 2.05) is 0 Å². The topological polar surface area (TPSA) is 180 Å². The minimum absolute atomic E-state index is 0. The van der Waals surface area contributed by atoms with E-state index < -0.39 is 39.0 Å². The van der Waals surface area contributed by atoms with E-state index >= 15 is 0 Å². The molecule has 0 saturated carbocycles. The number of aromatic nitrogens is 4. The van der Waals surface area contributed by atoms with Gasteiger partial charge in [-0.15, -0.1) is 0 Å². The van der Waals surface area contributed by atoms with Crippen LogP contribution in [0.2, 0.25) is 0 Å². The van der Waals surface area contributed by atoms with Crippen molar-refractivity contribution in [1.29, 1.82) is 0 Å². The maximum Gasteiger partial charge on any atom is 0.469 e. The summed E-state index contributed by atoms with van der Waals surface area (Å²) >= 11 is 0. The Morgan fingerprint density at radius 3 is 2.62 bits per heavy atom. The van der Waals surface area contributed by atoms with Crippen LogP contribution >= 0.6 is 7.82 Å². The fraction of sp³-hybridized carbons (Fsp3) is 0.500. The molecule has 1 fully saturated rings. The van der Waals surface area contributed by atoms with E-state index in [9.17, 15) is 19.9 Å². The smallest absolute Gasteiger partial charge is 0.469 e. The average molecular weight is 388 g/mol. The van der Waals surface area contributed by atoms with Crippen molar-refractivity contribution < 1.29 is 38.9 Å². The first-order chi connectivity index (χ1) is 10.8. The van der Waals surface area contributed by atoms with Gasteiger partial charge in [0.05, 0.1) is 12.9 Å². The number of aromatic hydroxyl groups is 1. The normalized spacial score (nSPS) is 27.3. The van der Waals surface area contributed by atoms with E-state index in [1.54, 1.807) is 0 Å². The summed E-state index contributed by atoms with van der Waals surface area (Å²) in [6, 6.07) is 0. The predicted molar refractivity (Wildman–Crippen MR) is 76.7 cm³/mol. The summed E-state index contributed by atoms with van der Waals surface area (Å²) in [4.78, 5) is 28.7. The Hall–Kier alpha value is -0.400. The Morgan fingerprint density at radius 1 is 1.25 bits per heavy atom. The van der Waals surface area contributed by atoms with E-state index in [4.69, 9.17) is 14.5 Å². The molecule has 0 unspecified atom stereocenters. The van der Waals surface area contributed by atoms with Crippen molar-refractivity contribution in [2.24, 2.45) is 0 Å². The van der Waals surface area contributed by atoms with Gasteiger partial charge in [-0.1, -0.05) is 0 Å². The third-order valence-electron chi connectivity index (χ3n) is 3.36. The van der Waals surface area contributed by atoms with Crippen LogP contribution in [-0.4, -0.2) is 107 Å². The fourth-order valence-electron chi connectivity index (χ4n) is 2.29. The third kappa shape index (κ3) is 3.88. The first-order valence-corrected chi connectivity index (χ1v) is 7.89. The molecule has 0 bridgehead atoms.